The quantitative estimate of drug-likeness (QED) is 0.613. The molecule has 0 spiro atoms. The van der Waals surface area contributed by atoms with Gasteiger partial charge in [-0.05, 0) is 56.5 Å². The summed E-state index contributed by atoms with van der Waals surface area (Å²) in [6, 6.07) is 12.1. The van der Waals surface area contributed by atoms with Crippen LogP contribution in [-0.4, -0.2) is 44.5 Å². The fourth-order valence-corrected chi connectivity index (χ4v) is 6.83. The van der Waals surface area contributed by atoms with Gasteiger partial charge in [0.2, 0.25) is 0 Å². The van der Waals surface area contributed by atoms with Crippen LogP contribution in [0.15, 0.2) is 47.4 Å². The van der Waals surface area contributed by atoms with E-state index in [0.29, 0.717) is 23.2 Å². The van der Waals surface area contributed by atoms with Gasteiger partial charge >= 0.3 is 0 Å². The van der Waals surface area contributed by atoms with E-state index in [4.69, 9.17) is 4.74 Å². The molecule has 0 bridgehead atoms. The standard InChI is InChI=1S/C24H30N2O4S2/c1-17-7-10-20(11-8-17)32(28,29)26-16-23(30-22-15-18(2)9-12-21(22)26)24(27)25-13-14-31-19-5-3-4-6-19/h7-12,15,19,23H,3-6,13-14,16H2,1-2H3,(H,25,27). The molecule has 1 unspecified atom stereocenters. The molecule has 4 rings (SSSR count). The Morgan fingerprint density at radius 2 is 1.78 bits per heavy atom. The van der Waals surface area contributed by atoms with Crippen molar-refractivity contribution in [3.8, 4) is 5.75 Å². The van der Waals surface area contributed by atoms with Gasteiger partial charge in [-0.2, -0.15) is 11.8 Å². The number of amides is 1. The molecular weight excluding hydrogens is 444 g/mol. The molecule has 0 aromatic heterocycles. The fourth-order valence-electron chi connectivity index (χ4n) is 4.13. The normalized spacial score (nSPS) is 18.8. The molecule has 1 atom stereocenters. The van der Waals surface area contributed by atoms with Crippen molar-refractivity contribution in [3.63, 3.8) is 0 Å². The third kappa shape index (κ3) is 5.07. The molecule has 172 valence electrons. The molecule has 1 heterocycles. The summed E-state index contributed by atoms with van der Waals surface area (Å²) in [7, 11) is -3.84. The van der Waals surface area contributed by atoms with Crippen molar-refractivity contribution in [2.24, 2.45) is 0 Å². The molecule has 2 aromatic carbocycles. The molecule has 8 heteroatoms. The number of aryl methyl sites for hydroxylation is 2. The van der Waals surface area contributed by atoms with Gasteiger partial charge in [0.15, 0.2) is 6.10 Å². The molecular formula is C24H30N2O4S2. The molecule has 2 aliphatic rings. The van der Waals surface area contributed by atoms with Crippen molar-refractivity contribution < 1.29 is 17.9 Å². The summed E-state index contributed by atoms with van der Waals surface area (Å²) in [5, 5.41) is 3.63. The molecule has 1 saturated carbocycles. The number of hydrogen-bond donors (Lipinski definition) is 1. The van der Waals surface area contributed by atoms with Gasteiger partial charge in [0.05, 0.1) is 17.1 Å². The lowest BCUT2D eigenvalue weighted by Crippen LogP contribution is -2.51. The lowest BCUT2D eigenvalue weighted by molar-refractivity contribution is -0.127. The van der Waals surface area contributed by atoms with Crippen LogP contribution in [0, 0.1) is 13.8 Å². The van der Waals surface area contributed by atoms with Gasteiger partial charge in [0.1, 0.15) is 5.75 Å². The van der Waals surface area contributed by atoms with Gasteiger partial charge in [0.25, 0.3) is 15.9 Å². The highest BCUT2D eigenvalue weighted by atomic mass is 32.2. The summed E-state index contributed by atoms with van der Waals surface area (Å²) in [6.45, 7) is 4.31. The number of carbonyl (C=O) groups is 1. The number of ether oxygens (including phenoxy) is 1. The highest BCUT2D eigenvalue weighted by Gasteiger charge is 2.37. The van der Waals surface area contributed by atoms with Gasteiger partial charge in [-0.15, -0.1) is 0 Å². The van der Waals surface area contributed by atoms with Crippen LogP contribution in [0.25, 0.3) is 0 Å². The smallest absolute Gasteiger partial charge is 0.264 e. The lowest BCUT2D eigenvalue weighted by Gasteiger charge is -2.35. The van der Waals surface area contributed by atoms with E-state index in [0.717, 1.165) is 16.9 Å². The number of benzene rings is 2. The average Bonchev–Trinajstić information content (AvgIpc) is 3.29. The second kappa shape index (κ2) is 9.75. The maximum absolute atomic E-state index is 13.5. The molecule has 1 amide bonds. The molecule has 2 aromatic rings. The van der Waals surface area contributed by atoms with E-state index in [1.807, 2.05) is 31.7 Å². The Bertz CT molecular complexity index is 1060. The zero-order chi connectivity index (χ0) is 22.7. The maximum atomic E-state index is 13.5. The first-order valence-electron chi connectivity index (χ1n) is 11.1. The second-order valence-corrected chi connectivity index (χ2v) is 11.8. The van der Waals surface area contributed by atoms with Crippen LogP contribution in [0.5, 0.6) is 5.75 Å². The van der Waals surface area contributed by atoms with Gasteiger partial charge in [-0.1, -0.05) is 36.6 Å². The minimum atomic E-state index is -3.84. The molecule has 0 saturated heterocycles. The molecule has 1 N–H and O–H groups in total. The number of carbonyl (C=O) groups excluding carboxylic acids is 1. The predicted molar refractivity (Wildman–Crippen MR) is 129 cm³/mol. The number of thioether (sulfide) groups is 1. The highest BCUT2D eigenvalue weighted by Crippen LogP contribution is 2.37. The van der Waals surface area contributed by atoms with Gasteiger partial charge in [-0.25, -0.2) is 8.42 Å². The summed E-state index contributed by atoms with van der Waals surface area (Å²) in [6.07, 6.45) is 4.20. The first-order chi connectivity index (χ1) is 15.3. The largest absolute Gasteiger partial charge is 0.476 e. The van der Waals surface area contributed by atoms with E-state index in [-0.39, 0.29) is 17.3 Å². The van der Waals surface area contributed by atoms with Gasteiger partial charge < -0.3 is 10.1 Å². The number of hydrogen-bond acceptors (Lipinski definition) is 5. The fraction of sp³-hybridized carbons (Fsp3) is 0.458. The van der Waals surface area contributed by atoms with Crippen molar-refractivity contribution in [1.29, 1.82) is 0 Å². The number of rotatable bonds is 7. The van der Waals surface area contributed by atoms with Crippen molar-refractivity contribution in [1.82, 2.24) is 5.32 Å². The number of nitrogens with zero attached hydrogens (tertiary/aromatic N) is 1. The predicted octanol–water partition coefficient (Wildman–Crippen LogP) is 4.05. The van der Waals surface area contributed by atoms with Crippen LogP contribution >= 0.6 is 11.8 Å². The van der Waals surface area contributed by atoms with Crippen LogP contribution in [0.2, 0.25) is 0 Å². The Morgan fingerprint density at radius 3 is 2.50 bits per heavy atom. The lowest BCUT2D eigenvalue weighted by atomic mass is 10.1. The summed E-state index contributed by atoms with van der Waals surface area (Å²) >= 11 is 1.90. The Hall–Kier alpha value is -2.19. The van der Waals surface area contributed by atoms with E-state index < -0.39 is 16.1 Å². The van der Waals surface area contributed by atoms with E-state index in [9.17, 15) is 13.2 Å². The average molecular weight is 475 g/mol. The van der Waals surface area contributed by atoms with Crippen molar-refractivity contribution in [2.75, 3.05) is 23.1 Å². The van der Waals surface area contributed by atoms with E-state index in [1.165, 1.54) is 30.0 Å². The topological polar surface area (TPSA) is 75.7 Å². The number of nitrogens with one attached hydrogen (secondary N) is 1. The molecule has 6 nitrogen and oxygen atoms in total. The first kappa shape index (κ1) is 23.0. The van der Waals surface area contributed by atoms with Crippen molar-refractivity contribution >= 4 is 33.4 Å². The zero-order valence-corrected chi connectivity index (χ0v) is 20.2. The highest BCUT2D eigenvalue weighted by molar-refractivity contribution is 7.99. The van der Waals surface area contributed by atoms with Crippen LogP contribution < -0.4 is 14.4 Å². The van der Waals surface area contributed by atoms with Crippen LogP contribution in [0.4, 0.5) is 5.69 Å². The second-order valence-electron chi connectivity index (χ2n) is 8.50. The summed E-state index contributed by atoms with van der Waals surface area (Å²) in [5.74, 6) is 0.977. The maximum Gasteiger partial charge on any atom is 0.264 e. The van der Waals surface area contributed by atoms with E-state index in [1.54, 1.807) is 36.4 Å². The summed E-state index contributed by atoms with van der Waals surface area (Å²) in [4.78, 5) is 13.1. The minimum Gasteiger partial charge on any atom is -0.476 e. The van der Waals surface area contributed by atoms with Crippen LogP contribution in [-0.2, 0) is 14.8 Å². The van der Waals surface area contributed by atoms with Crippen molar-refractivity contribution in [3.05, 3.63) is 53.6 Å². The van der Waals surface area contributed by atoms with E-state index in [2.05, 4.69) is 5.32 Å². The van der Waals surface area contributed by atoms with Gasteiger partial charge in [-0.3, -0.25) is 9.10 Å². The molecule has 0 radical (unpaired) electrons. The first-order valence-corrected chi connectivity index (χ1v) is 13.6. The van der Waals surface area contributed by atoms with Crippen LogP contribution in [0.1, 0.15) is 36.8 Å². The SMILES string of the molecule is Cc1ccc(S(=O)(=O)N2CC(C(=O)NCCSC3CCCC3)Oc3cc(C)ccc32)cc1. The van der Waals surface area contributed by atoms with Gasteiger partial charge in [0, 0.05) is 17.5 Å². The monoisotopic (exact) mass is 474 g/mol. The third-order valence-corrected chi connectivity index (χ3v) is 9.12. The van der Waals surface area contributed by atoms with E-state index >= 15 is 0 Å². The Kier molecular flexibility index (Phi) is 7.00. The summed E-state index contributed by atoms with van der Waals surface area (Å²) in [5.41, 5.74) is 2.37. The molecule has 1 fully saturated rings. The number of fused-ring (bicyclic) bond motifs is 1. The number of anilines is 1. The Balaban J connectivity index is 1.50. The third-order valence-electron chi connectivity index (χ3n) is 5.94. The summed E-state index contributed by atoms with van der Waals surface area (Å²) < 4.78 is 34.2. The molecule has 1 aliphatic heterocycles. The minimum absolute atomic E-state index is 0.0616. The van der Waals surface area contributed by atoms with Crippen LogP contribution in [0.3, 0.4) is 0 Å². The molecule has 32 heavy (non-hydrogen) atoms. The number of sulfonamides is 1. The zero-order valence-electron chi connectivity index (χ0n) is 18.5. The molecule has 1 aliphatic carbocycles. The Labute approximate surface area is 194 Å². The van der Waals surface area contributed by atoms with Crippen molar-refractivity contribution in [2.45, 2.75) is 55.8 Å². The Morgan fingerprint density at radius 1 is 1.09 bits per heavy atom.